The van der Waals surface area contributed by atoms with E-state index >= 15 is 0 Å². The second kappa shape index (κ2) is 6.46. The number of nitrogens with zero attached hydrogens (tertiary/aromatic N) is 4. The van der Waals surface area contributed by atoms with Gasteiger partial charge in [0.1, 0.15) is 5.52 Å². The second-order valence-corrected chi connectivity index (χ2v) is 8.00. The van der Waals surface area contributed by atoms with E-state index in [1.54, 1.807) is 10.7 Å². The van der Waals surface area contributed by atoms with E-state index in [9.17, 15) is 4.79 Å². The summed E-state index contributed by atoms with van der Waals surface area (Å²) < 4.78 is 7.58. The van der Waals surface area contributed by atoms with Gasteiger partial charge in [0, 0.05) is 24.8 Å². The molecule has 1 saturated heterocycles. The zero-order valence-electron chi connectivity index (χ0n) is 14.4. The van der Waals surface area contributed by atoms with Crippen LogP contribution in [-0.2, 0) is 18.7 Å². The molecule has 3 aromatic rings. The molecule has 0 amide bonds. The Labute approximate surface area is 155 Å². The van der Waals surface area contributed by atoms with E-state index in [4.69, 9.17) is 4.42 Å². The van der Waals surface area contributed by atoms with Gasteiger partial charge in [0.05, 0.1) is 18.3 Å². The van der Waals surface area contributed by atoms with Crippen LogP contribution in [0.1, 0.15) is 24.1 Å². The normalized spacial score (nSPS) is 19.8. The van der Waals surface area contributed by atoms with Crippen LogP contribution in [0.5, 0.6) is 0 Å². The Hall–Kier alpha value is -2.28. The van der Waals surface area contributed by atoms with Crippen LogP contribution in [0.25, 0.3) is 11.1 Å². The van der Waals surface area contributed by atoms with Crippen molar-refractivity contribution in [1.82, 2.24) is 14.8 Å². The van der Waals surface area contributed by atoms with E-state index in [0.29, 0.717) is 12.6 Å². The maximum absolute atomic E-state index is 12.5. The Morgan fingerprint density at radius 2 is 2.23 bits per heavy atom. The van der Waals surface area contributed by atoms with E-state index in [1.165, 1.54) is 0 Å². The average molecular weight is 368 g/mol. The molecule has 5 rings (SSSR count). The molecule has 6 nitrogen and oxygen atoms in total. The molecule has 2 aliphatic rings. The van der Waals surface area contributed by atoms with Crippen LogP contribution in [-0.4, -0.2) is 33.1 Å². The van der Waals surface area contributed by atoms with Gasteiger partial charge in [-0.05, 0) is 36.3 Å². The van der Waals surface area contributed by atoms with Gasteiger partial charge in [-0.25, -0.2) is 4.68 Å². The van der Waals surface area contributed by atoms with Gasteiger partial charge in [0.15, 0.2) is 5.58 Å². The Morgan fingerprint density at radius 1 is 1.31 bits per heavy atom. The largest absolute Gasteiger partial charge is 0.423 e. The van der Waals surface area contributed by atoms with E-state index in [0.717, 1.165) is 59.7 Å². The number of para-hydroxylation sites is 2. The molecule has 1 unspecified atom stereocenters. The summed E-state index contributed by atoms with van der Waals surface area (Å²) >= 11 is 1.87. The molecular weight excluding hydrogens is 348 g/mol. The van der Waals surface area contributed by atoms with E-state index in [2.05, 4.69) is 15.0 Å². The molecule has 7 heteroatoms. The van der Waals surface area contributed by atoms with Crippen LogP contribution in [0.2, 0.25) is 0 Å². The van der Waals surface area contributed by atoms with Crippen molar-refractivity contribution in [2.75, 3.05) is 17.2 Å². The maximum atomic E-state index is 12.5. The van der Waals surface area contributed by atoms with Crippen molar-refractivity contribution >= 4 is 28.9 Å². The molecule has 0 spiro atoms. The molecule has 134 valence electrons. The highest BCUT2D eigenvalue weighted by molar-refractivity contribution is 7.98. The number of oxazole rings is 1. The van der Waals surface area contributed by atoms with Crippen LogP contribution in [0, 0.1) is 0 Å². The third-order valence-electron chi connectivity index (χ3n) is 5.19. The number of anilines is 1. The van der Waals surface area contributed by atoms with Gasteiger partial charge in [-0.15, -0.1) is 0 Å². The highest BCUT2D eigenvalue weighted by atomic mass is 32.2. The molecule has 2 aromatic heterocycles. The molecule has 0 bridgehead atoms. The summed E-state index contributed by atoms with van der Waals surface area (Å²) in [5.41, 5.74) is 3.85. The number of hydrogen-bond donors (Lipinski definition) is 0. The second-order valence-electron chi connectivity index (χ2n) is 6.89. The fourth-order valence-corrected chi connectivity index (χ4v) is 4.80. The summed E-state index contributed by atoms with van der Waals surface area (Å²) in [6.07, 6.45) is 3.03. The summed E-state index contributed by atoms with van der Waals surface area (Å²) in [4.78, 5) is 19.3. The first-order chi connectivity index (χ1) is 12.8. The summed E-state index contributed by atoms with van der Waals surface area (Å²) in [6.45, 7) is 1.48. The SMILES string of the molecule is O=c1cc2c(nn1CC1CCCN1c1nc3ccccc3o1)CCSC2. The lowest BCUT2D eigenvalue weighted by molar-refractivity contribution is 0.460. The fourth-order valence-electron chi connectivity index (χ4n) is 3.84. The maximum Gasteiger partial charge on any atom is 0.298 e. The molecule has 26 heavy (non-hydrogen) atoms. The first kappa shape index (κ1) is 15.9. The summed E-state index contributed by atoms with van der Waals surface area (Å²) in [5.74, 6) is 1.98. The lowest BCUT2D eigenvalue weighted by atomic mass is 10.2. The van der Waals surface area contributed by atoms with Gasteiger partial charge in [0.2, 0.25) is 0 Å². The summed E-state index contributed by atoms with van der Waals surface area (Å²) in [5, 5.41) is 4.66. The van der Waals surface area contributed by atoms with Crippen molar-refractivity contribution < 1.29 is 4.42 Å². The van der Waals surface area contributed by atoms with Gasteiger partial charge in [0.25, 0.3) is 11.6 Å². The molecule has 4 heterocycles. The zero-order valence-corrected chi connectivity index (χ0v) is 15.2. The van der Waals surface area contributed by atoms with Gasteiger partial charge in [-0.1, -0.05) is 12.1 Å². The third-order valence-corrected chi connectivity index (χ3v) is 6.20. The van der Waals surface area contributed by atoms with Crippen LogP contribution in [0.3, 0.4) is 0 Å². The molecule has 0 saturated carbocycles. The third kappa shape index (κ3) is 2.80. The lowest BCUT2D eigenvalue weighted by Gasteiger charge is -2.24. The predicted molar refractivity (Wildman–Crippen MR) is 103 cm³/mol. The first-order valence-electron chi connectivity index (χ1n) is 9.08. The van der Waals surface area contributed by atoms with Crippen LogP contribution < -0.4 is 10.5 Å². The standard InChI is InChI=1S/C19H20N4O2S/c24-18-10-13-12-26-9-7-15(13)21-23(18)11-14-4-3-8-22(14)19-20-16-5-1-2-6-17(16)25-19/h1-2,5-6,10,14H,3-4,7-9,11-12H2. The number of rotatable bonds is 3. The molecule has 0 aliphatic carbocycles. The summed E-state index contributed by atoms with van der Waals surface area (Å²) in [7, 11) is 0. The quantitative estimate of drug-likeness (QED) is 0.708. The van der Waals surface area contributed by atoms with Crippen molar-refractivity contribution in [3.05, 3.63) is 51.9 Å². The Morgan fingerprint density at radius 3 is 3.15 bits per heavy atom. The molecule has 1 fully saturated rings. The van der Waals surface area contributed by atoms with Crippen molar-refractivity contribution in [2.24, 2.45) is 0 Å². The molecular formula is C19H20N4O2S. The minimum absolute atomic E-state index is 0.00401. The first-order valence-corrected chi connectivity index (χ1v) is 10.2. The Balaban J connectivity index is 1.43. The van der Waals surface area contributed by atoms with Crippen molar-refractivity contribution in [3.63, 3.8) is 0 Å². The molecule has 1 atom stereocenters. The highest BCUT2D eigenvalue weighted by Crippen LogP contribution is 2.29. The molecule has 0 radical (unpaired) electrons. The van der Waals surface area contributed by atoms with Gasteiger partial charge in [-0.3, -0.25) is 4.79 Å². The number of fused-ring (bicyclic) bond motifs is 2. The number of benzene rings is 1. The smallest absolute Gasteiger partial charge is 0.298 e. The lowest BCUT2D eigenvalue weighted by Crippen LogP contribution is -2.38. The van der Waals surface area contributed by atoms with Gasteiger partial charge >= 0.3 is 0 Å². The Kier molecular flexibility index (Phi) is 3.96. The number of thioether (sulfide) groups is 1. The van der Waals surface area contributed by atoms with Gasteiger partial charge in [-0.2, -0.15) is 21.8 Å². The fraction of sp³-hybridized carbons (Fsp3) is 0.421. The minimum atomic E-state index is -0.00401. The number of aromatic nitrogens is 3. The van der Waals surface area contributed by atoms with Crippen LogP contribution in [0.4, 0.5) is 6.01 Å². The van der Waals surface area contributed by atoms with Crippen LogP contribution >= 0.6 is 11.8 Å². The average Bonchev–Trinajstić information content (AvgIpc) is 3.28. The molecule has 1 aromatic carbocycles. The monoisotopic (exact) mass is 368 g/mol. The number of aryl methyl sites for hydroxylation is 1. The van der Waals surface area contributed by atoms with Crippen molar-refractivity contribution in [1.29, 1.82) is 0 Å². The van der Waals surface area contributed by atoms with E-state index in [-0.39, 0.29) is 11.6 Å². The zero-order chi connectivity index (χ0) is 17.5. The predicted octanol–water partition coefficient (Wildman–Crippen LogP) is 2.84. The number of hydrogen-bond acceptors (Lipinski definition) is 6. The Bertz CT molecular complexity index is 979. The van der Waals surface area contributed by atoms with Crippen LogP contribution in [0.15, 0.2) is 39.5 Å². The topological polar surface area (TPSA) is 64.2 Å². The van der Waals surface area contributed by atoms with Crippen molar-refractivity contribution in [2.45, 2.75) is 37.6 Å². The van der Waals surface area contributed by atoms with E-state index in [1.807, 2.05) is 36.0 Å². The highest BCUT2D eigenvalue weighted by Gasteiger charge is 2.29. The minimum Gasteiger partial charge on any atom is -0.423 e. The molecule has 2 aliphatic heterocycles. The van der Waals surface area contributed by atoms with Gasteiger partial charge < -0.3 is 9.32 Å². The van der Waals surface area contributed by atoms with Crippen molar-refractivity contribution in [3.8, 4) is 0 Å². The van der Waals surface area contributed by atoms with E-state index < -0.39 is 0 Å². The summed E-state index contributed by atoms with van der Waals surface area (Å²) in [6, 6.07) is 10.4. The molecule has 0 N–H and O–H groups in total.